The maximum Gasteiger partial charge on any atom is 0.267 e. The Kier molecular flexibility index (Phi) is 5.99. The number of aromatic hydroxyl groups is 1. The number of phenols is 1. The number of nitrogens with one attached hydrogen (secondary N) is 1. The number of phenolic OH excluding ortho intramolecular Hbond substituents is 1. The van der Waals surface area contributed by atoms with E-state index in [2.05, 4.69) is 5.32 Å². The van der Waals surface area contributed by atoms with Crippen LogP contribution in [0.3, 0.4) is 0 Å². The van der Waals surface area contributed by atoms with Gasteiger partial charge in [-0.1, -0.05) is 31.5 Å². The number of hydrogen-bond donors (Lipinski definition) is 2. The van der Waals surface area contributed by atoms with Crippen LogP contribution in [0.25, 0.3) is 10.9 Å². The summed E-state index contributed by atoms with van der Waals surface area (Å²) in [5, 5.41) is 14.2. The number of anilines is 1. The van der Waals surface area contributed by atoms with Crippen LogP contribution in [0.2, 0.25) is 5.02 Å². The molecule has 0 unspecified atom stereocenters. The van der Waals surface area contributed by atoms with Crippen LogP contribution in [-0.2, 0) is 4.79 Å². The molecule has 3 rings (SSSR count). The van der Waals surface area contributed by atoms with Crippen molar-refractivity contribution in [1.29, 1.82) is 0 Å². The lowest BCUT2D eigenvalue weighted by Crippen LogP contribution is -2.21. The number of halogens is 1. The summed E-state index contributed by atoms with van der Waals surface area (Å²) in [5.74, 6) is -0.573. The van der Waals surface area contributed by atoms with Crippen molar-refractivity contribution in [2.45, 2.75) is 40.5 Å². The number of aromatic nitrogens is 1. The van der Waals surface area contributed by atoms with Crippen LogP contribution in [-0.4, -0.2) is 21.5 Å². The summed E-state index contributed by atoms with van der Waals surface area (Å²) in [5.41, 5.74) is 3.15. The third-order valence-electron chi connectivity index (χ3n) is 5.55. The molecule has 0 spiro atoms. The number of nitrogens with zero attached hydrogens (tertiary/aromatic N) is 1. The van der Waals surface area contributed by atoms with Gasteiger partial charge in [0.05, 0.1) is 10.5 Å². The minimum Gasteiger partial charge on any atom is -0.507 e. The van der Waals surface area contributed by atoms with Gasteiger partial charge in [-0.25, -0.2) is 0 Å². The van der Waals surface area contributed by atoms with Gasteiger partial charge in [0.2, 0.25) is 5.91 Å². The van der Waals surface area contributed by atoms with Crippen molar-refractivity contribution >= 4 is 40.0 Å². The second-order valence-electron chi connectivity index (χ2n) is 7.22. The standard InChI is InChI=1S/C23H25ClN2O3/c1-5-15(6-2)22(28)25-16-10-11-19-17(12-16)13(3)14(4)26(19)23(29)21-18(24)8-7-9-20(21)27/h7-12,15,27H,5-6H2,1-4H3,(H,25,28). The third kappa shape index (κ3) is 3.75. The van der Waals surface area contributed by atoms with Gasteiger partial charge in [-0.05, 0) is 62.6 Å². The molecule has 0 aliphatic heterocycles. The third-order valence-corrected chi connectivity index (χ3v) is 5.87. The maximum atomic E-state index is 13.2. The highest BCUT2D eigenvalue weighted by molar-refractivity contribution is 6.34. The molecule has 0 aliphatic carbocycles. The van der Waals surface area contributed by atoms with Crippen LogP contribution in [0.1, 0.15) is 48.3 Å². The fourth-order valence-electron chi connectivity index (χ4n) is 3.65. The van der Waals surface area contributed by atoms with Crippen LogP contribution in [0, 0.1) is 19.8 Å². The summed E-state index contributed by atoms with van der Waals surface area (Å²) in [6, 6.07) is 10.1. The molecule has 3 aromatic rings. The highest BCUT2D eigenvalue weighted by Crippen LogP contribution is 2.32. The lowest BCUT2D eigenvalue weighted by molar-refractivity contribution is -0.120. The number of amides is 1. The normalized spacial score (nSPS) is 11.2. The summed E-state index contributed by atoms with van der Waals surface area (Å²) >= 11 is 6.18. The second-order valence-corrected chi connectivity index (χ2v) is 7.63. The molecule has 0 radical (unpaired) electrons. The first-order chi connectivity index (χ1) is 13.8. The van der Waals surface area contributed by atoms with E-state index >= 15 is 0 Å². The average molecular weight is 413 g/mol. The van der Waals surface area contributed by atoms with Gasteiger partial charge in [-0.2, -0.15) is 0 Å². The van der Waals surface area contributed by atoms with Gasteiger partial charge in [-0.15, -0.1) is 0 Å². The highest BCUT2D eigenvalue weighted by Gasteiger charge is 2.23. The van der Waals surface area contributed by atoms with Crippen molar-refractivity contribution in [3.05, 3.63) is 58.2 Å². The molecular formula is C23H25ClN2O3. The maximum absolute atomic E-state index is 13.2. The molecule has 1 amide bonds. The molecule has 5 nitrogen and oxygen atoms in total. The molecule has 0 fully saturated rings. The van der Waals surface area contributed by atoms with E-state index in [0.29, 0.717) is 11.2 Å². The molecule has 0 aliphatic rings. The molecule has 6 heteroatoms. The van der Waals surface area contributed by atoms with Gasteiger partial charge in [0.15, 0.2) is 0 Å². The Labute approximate surface area is 175 Å². The zero-order valence-electron chi connectivity index (χ0n) is 17.0. The fraction of sp³-hybridized carbons (Fsp3) is 0.304. The highest BCUT2D eigenvalue weighted by atomic mass is 35.5. The van der Waals surface area contributed by atoms with Crippen molar-refractivity contribution < 1.29 is 14.7 Å². The van der Waals surface area contributed by atoms with Gasteiger partial charge in [-0.3, -0.25) is 14.2 Å². The molecule has 1 aromatic heterocycles. The summed E-state index contributed by atoms with van der Waals surface area (Å²) in [6.45, 7) is 7.78. The van der Waals surface area contributed by atoms with E-state index in [-0.39, 0.29) is 28.2 Å². The molecule has 29 heavy (non-hydrogen) atoms. The average Bonchev–Trinajstić information content (AvgIpc) is 2.93. The fourth-order valence-corrected chi connectivity index (χ4v) is 3.90. The molecule has 152 valence electrons. The number of fused-ring (bicyclic) bond motifs is 1. The summed E-state index contributed by atoms with van der Waals surface area (Å²) in [4.78, 5) is 25.6. The van der Waals surface area contributed by atoms with Gasteiger partial charge in [0.1, 0.15) is 11.3 Å². The quantitative estimate of drug-likeness (QED) is 0.566. The zero-order chi connectivity index (χ0) is 21.3. The molecular weight excluding hydrogens is 388 g/mol. The van der Waals surface area contributed by atoms with Crippen LogP contribution in [0.15, 0.2) is 36.4 Å². The van der Waals surface area contributed by atoms with Gasteiger partial charge in [0, 0.05) is 22.7 Å². The lowest BCUT2D eigenvalue weighted by Gasteiger charge is -2.13. The number of benzene rings is 2. The topological polar surface area (TPSA) is 71.3 Å². The second kappa shape index (κ2) is 8.29. The summed E-state index contributed by atoms with van der Waals surface area (Å²) < 4.78 is 1.55. The number of hydrogen-bond acceptors (Lipinski definition) is 3. The smallest absolute Gasteiger partial charge is 0.267 e. The first-order valence-corrected chi connectivity index (χ1v) is 10.1. The number of carbonyl (C=O) groups is 2. The molecule has 2 N–H and O–H groups in total. The molecule has 0 bridgehead atoms. The predicted octanol–water partition coefficient (Wildman–Crippen LogP) is 5.68. The molecule has 0 atom stereocenters. The van der Waals surface area contributed by atoms with E-state index in [1.807, 2.05) is 39.8 Å². The van der Waals surface area contributed by atoms with Crippen LogP contribution in [0.4, 0.5) is 5.69 Å². The van der Waals surface area contributed by atoms with E-state index in [9.17, 15) is 14.7 Å². The Morgan fingerprint density at radius 2 is 1.83 bits per heavy atom. The van der Waals surface area contributed by atoms with Crippen LogP contribution >= 0.6 is 11.6 Å². The van der Waals surface area contributed by atoms with Gasteiger partial charge in [0.25, 0.3) is 5.91 Å². The minimum atomic E-state index is -0.391. The number of aryl methyl sites for hydroxylation is 1. The van der Waals surface area contributed by atoms with Gasteiger partial charge < -0.3 is 10.4 Å². The number of rotatable bonds is 5. The molecule has 1 heterocycles. The number of carbonyl (C=O) groups excluding carboxylic acids is 2. The van der Waals surface area contributed by atoms with Crippen LogP contribution < -0.4 is 5.32 Å². The summed E-state index contributed by atoms with van der Waals surface area (Å²) in [6.07, 6.45) is 1.57. The Hall–Kier alpha value is -2.79. The molecule has 0 saturated carbocycles. The minimum absolute atomic E-state index is 0.000207. The summed E-state index contributed by atoms with van der Waals surface area (Å²) in [7, 11) is 0. The molecule has 0 saturated heterocycles. The predicted molar refractivity (Wildman–Crippen MR) is 117 cm³/mol. The van der Waals surface area contributed by atoms with Crippen molar-refractivity contribution in [1.82, 2.24) is 4.57 Å². The van der Waals surface area contributed by atoms with E-state index < -0.39 is 5.91 Å². The van der Waals surface area contributed by atoms with Gasteiger partial charge >= 0.3 is 0 Å². The molecule has 2 aromatic carbocycles. The largest absolute Gasteiger partial charge is 0.507 e. The van der Waals surface area contributed by atoms with E-state index in [0.717, 1.165) is 29.5 Å². The van der Waals surface area contributed by atoms with E-state index in [1.54, 1.807) is 22.8 Å². The van der Waals surface area contributed by atoms with Crippen molar-refractivity contribution in [3.8, 4) is 5.75 Å². The first-order valence-electron chi connectivity index (χ1n) is 9.74. The Bertz CT molecular complexity index is 1080. The Balaban J connectivity index is 2.06. The first kappa shape index (κ1) is 20.9. The lowest BCUT2D eigenvalue weighted by atomic mass is 10.0. The van der Waals surface area contributed by atoms with E-state index in [4.69, 9.17) is 11.6 Å². The van der Waals surface area contributed by atoms with E-state index in [1.165, 1.54) is 6.07 Å². The monoisotopic (exact) mass is 412 g/mol. The Morgan fingerprint density at radius 3 is 2.45 bits per heavy atom. The van der Waals surface area contributed by atoms with Crippen molar-refractivity contribution in [2.24, 2.45) is 5.92 Å². The Morgan fingerprint density at radius 1 is 1.14 bits per heavy atom. The SMILES string of the molecule is CCC(CC)C(=O)Nc1ccc2c(c1)c(C)c(C)n2C(=O)c1c(O)cccc1Cl. The van der Waals surface area contributed by atoms with Crippen molar-refractivity contribution in [3.63, 3.8) is 0 Å². The van der Waals surface area contributed by atoms with Crippen molar-refractivity contribution in [2.75, 3.05) is 5.32 Å². The van der Waals surface area contributed by atoms with Crippen LogP contribution in [0.5, 0.6) is 5.75 Å². The zero-order valence-corrected chi connectivity index (χ0v) is 17.8.